The van der Waals surface area contributed by atoms with Crippen molar-refractivity contribution >= 4 is 0 Å². The van der Waals surface area contributed by atoms with Gasteiger partial charge >= 0.3 is 0 Å². The average molecular weight is 293 g/mol. The standard InChI is InChI=1S/C17H15N3O2/c1-2-22-14-5-3-4-13(10-14)17-19-15(11-16(21)20-17)12-6-8-18-9-7-12/h3-11H,2H2,1H3,(H,19,20,21). The number of hydrogen-bond donors (Lipinski definition) is 1. The molecule has 0 saturated heterocycles. The molecule has 0 aliphatic carbocycles. The normalized spacial score (nSPS) is 10.4. The maximum absolute atomic E-state index is 11.9. The predicted molar refractivity (Wildman–Crippen MR) is 84.7 cm³/mol. The zero-order chi connectivity index (χ0) is 15.4. The Hall–Kier alpha value is -2.95. The lowest BCUT2D eigenvalue weighted by molar-refractivity contribution is 0.340. The van der Waals surface area contributed by atoms with Gasteiger partial charge < -0.3 is 9.72 Å². The van der Waals surface area contributed by atoms with E-state index < -0.39 is 0 Å². The first-order chi connectivity index (χ1) is 10.8. The zero-order valence-electron chi connectivity index (χ0n) is 12.1. The number of rotatable bonds is 4. The van der Waals surface area contributed by atoms with Crippen LogP contribution in [0.3, 0.4) is 0 Å². The van der Waals surface area contributed by atoms with Crippen LogP contribution in [0.2, 0.25) is 0 Å². The molecule has 2 heterocycles. The summed E-state index contributed by atoms with van der Waals surface area (Å²) in [5, 5.41) is 0. The molecule has 3 rings (SSSR count). The average Bonchev–Trinajstić information content (AvgIpc) is 2.56. The van der Waals surface area contributed by atoms with Crippen molar-refractivity contribution in [3.05, 3.63) is 65.2 Å². The summed E-state index contributed by atoms with van der Waals surface area (Å²) < 4.78 is 5.49. The monoisotopic (exact) mass is 293 g/mol. The Kier molecular flexibility index (Phi) is 3.96. The van der Waals surface area contributed by atoms with E-state index in [1.807, 2.05) is 43.3 Å². The molecule has 1 N–H and O–H groups in total. The fourth-order valence-electron chi connectivity index (χ4n) is 2.18. The lowest BCUT2D eigenvalue weighted by Gasteiger charge is -2.07. The lowest BCUT2D eigenvalue weighted by Crippen LogP contribution is -2.08. The number of nitrogens with one attached hydrogen (secondary N) is 1. The highest BCUT2D eigenvalue weighted by Gasteiger charge is 2.06. The molecule has 22 heavy (non-hydrogen) atoms. The van der Waals surface area contributed by atoms with Gasteiger partial charge in [-0.1, -0.05) is 12.1 Å². The summed E-state index contributed by atoms with van der Waals surface area (Å²) in [6.07, 6.45) is 3.37. The van der Waals surface area contributed by atoms with Gasteiger partial charge in [-0.2, -0.15) is 4.98 Å². The van der Waals surface area contributed by atoms with Gasteiger partial charge in [-0.3, -0.25) is 9.78 Å². The van der Waals surface area contributed by atoms with E-state index >= 15 is 0 Å². The molecule has 0 atom stereocenters. The molecule has 5 heteroatoms. The zero-order valence-corrected chi connectivity index (χ0v) is 12.1. The number of pyridine rings is 1. The van der Waals surface area contributed by atoms with E-state index in [0.717, 1.165) is 16.9 Å². The molecule has 0 bridgehead atoms. The van der Waals surface area contributed by atoms with Crippen LogP contribution in [0, 0.1) is 0 Å². The molecule has 0 unspecified atom stereocenters. The van der Waals surface area contributed by atoms with Crippen LogP contribution >= 0.6 is 0 Å². The molecule has 0 fully saturated rings. The van der Waals surface area contributed by atoms with Crippen molar-refractivity contribution in [2.75, 3.05) is 6.61 Å². The van der Waals surface area contributed by atoms with Gasteiger partial charge in [-0.25, -0.2) is 0 Å². The van der Waals surface area contributed by atoms with Crippen molar-refractivity contribution in [1.29, 1.82) is 0 Å². The molecule has 0 aliphatic heterocycles. The Labute approximate surface area is 127 Å². The van der Waals surface area contributed by atoms with Crippen LogP contribution in [0.25, 0.3) is 22.6 Å². The minimum absolute atomic E-state index is 0.289. The molecule has 0 spiro atoms. The van der Waals surface area contributed by atoms with Crippen molar-refractivity contribution in [3.8, 4) is 28.4 Å². The fraction of sp³-hybridized carbons (Fsp3) is 0.118. The van der Waals surface area contributed by atoms with E-state index in [4.69, 9.17) is 4.74 Å². The first-order valence-electron chi connectivity index (χ1n) is 7.01. The second kappa shape index (κ2) is 6.22. The molecule has 0 saturated carbocycles. The third-order valence-corrected chi connectivity index (χ3v) is 3.15. The van der Waals surface area contributed by atoms with Crippen LogP contribution in [-0.2, 0) is 0 Å². The summed E-state index contributed by atoms with van der Waals surface area (Å²) in [7, 11) is 0. The van der Waals surface area contributed by atoms with Gasteiger partial charge in [0.1, 0.15) is 11.6 Å². The Bertz CT molecular complexity index is 829. The summed E-state index contributed by atoms with van der Waals surface area (Å²) >= 11 is 0. The Balaban J connectivity index is 2.07. The largest absolute Gasteiger partial charge is 0.494 e. The smallest absolute Gasteiger partial charge is 0.273 e. The molecule has 2 aromatic heterocycles. The molecule has 1 aromatic carbocycles. The van der Waals surface area contributed by atoms with Gasteiger partial charge in [0.15, 0.2) is 0 Å². The van der Waals surface area contributed by atoms with Gasteiger partial charge in [0, 0.05) is 29.6 Å². The summed E-state index contributed by atoms with van der Waals surface area (Å²) in [5.41, 5.74) is 2.11. The van der Waals surface area contributed by atoms with Crippen LogP contribution < -0.4 is 10.3 Å². The summed E-state index contributed by atoms with van der Waals surface area (Å²) in [6, 6.07) is 12.6. The highest BCUT2D eigenvalue weighted by atomic mass is 16.5. The highest BCUT2D eigenvalue weighted by Crippen LogP contribution is 2.22. The number of hydrogen-bond acceptors (Lipinski definition) is 4. The highest BCUT2D eigenvalue weighted by molar-refractivity contribution is 5.63. The molecule has 110 valence electrons. The van der Waals surface area contributed by atoms with E-state index in [1.54, 1.807) is 12.4 Å². The van der Waals surface area contributed by atoms with Crippen LogP contribution in [0.1, 0.15) is 6.92 Å². The van der Waals surface area contributed by atoms with Gasteiger partial charge in [0.25, 0.3) is 5.56 Å². The van der Waals surface area contributed by atoms with Gasteiger partial charge in [0.2, 0.25) is 0 Å². The maximum Gasteiger partial charge on any atom is 0.273 e. The van der Waals surface area contributed by atoms with E-state index in [0.29, 0.717) is 18.1 Å². The third-order valence-electron chi connectivity index (χ3n) is 3.15. The van der Waals surface area contributed by atoms with Gasteiger partial charge in [-0.05, 0) is 31.2 Å². The summed E-state index contributed by atoms with van der Waals surface area (Å²) in [6.45, 7) is 2.52. The third kappa shape index (κ3) is 3.03. The molecule has 0 radical (unpaired) electrons. The molecule has 0 aliphatic rings. The van der Waals surface area contributed by atoms with Crippen LogP contribution in [0.15, 0.2) is 59.7 Å². The quantitative estimate of drug-likeness (QED) is 0.803. The van der Waals surface area contributed by atoms with Crippen molar-refractivity contribution in [2.24, 2.45) is 0 Å². The van der Waals surface area contributed by atoms with E-state index in [2.05, 4.69) is 15.0 Å². The van der Waals surface area contributed by atoms with E-state index in [9.17, 15) is 4.79 Å². The van der Waals surface area contributed by atoms with Gasteiger partial charge in [0.05, 0.1) is 12.3 Å². The Morgan fingerprint density at radius 1 is 1.09 bits per heavy atom. The maximum atomic E-state index is 11.9. The fourth-order valence-corrected chi connectivity index (χ4v) is 2.18. The minimum atomic E-state index is -0.289. The van der Waals surface area contributed by atoms with E-state index in [-0.39, 0.29) is 5.56 Å². The molecular weight excluding hydrogens is 278 g/mol. The lowest BCUT2D eigenvalue weighted by atomic mass is 10.1. The topological polar surface area (TPSA) is 67.9 Å². The molecule has 5 nitrogen and oxygen atoms in total. The van der Waals surface area contributed by atoms with Crippen LogP contribution in [0.5, 0.6) is 5.75 Å². The van der Waals surface area contributed by atoms with Gasteiger partial charge in [-0.15, -0.1) is 0 Å². The van der Waals surface area contributed by atoms with Crippen molar-refractivity contribution < 1.29 is 4.74 Å². The minimum Gasteiger partial charge on any atom is -0.494 e. The number of aromatic nitrogens is 3. The second-order valence-corrected chi connectivity index (χ2v) is 4.68. The Morgan fingerprint density at radius 2 is 1.91 bits per heavy atom. The Morgan fingerprint density at radius 3 is 2.68 bits per heavy atom. The second-order valence-electron chi connectivity index (χ2n) is 4.68. The SMILES string of the molecule is CCOc1cccc(-c2nc(=O)cc(-c3ccncc3)[nH]2)c1. The summed E-state index contributed by atoms with van der Waals surface area (Å²) in [5.74, 6) is 1.26. The number of ether oxygens (including phenoxy) is 1. The van der Waals surface area contributed by atoms with Crippen LogP contribution in [-0.4, -0.2) is 21.6 Å². The van der Waals surface area contributed by atoms with Crippen LogP contribution in [0.4, 0.5) is 0 Å². The number of H-pyrrole nitrogens is 1. The van der Waals surface area contributed by atoms with Crippen molar-refractivity contribution in [3.63, 3.8) is 0 Å². The number of nitrogens with zero attached hydrogens (tertiary/aromatic N) is 2. The predicted octanol–water partition coefficient (Wildman–Crippen LogP) is 2.90. The van der Waals surface area contributed by atoms with Crippen molar-refractivity contribution in [1.82, 2.24) is 15.0 Å². The summed E-state index contributed by atoms with van der Waals surface area (Å²) in [4.78, 5) is 23.1. The number of aromatic amines is 1. The van der Waals surface area contributed by atoms with E-state index in [1.165, 1.54) is 6.07 Å². The molecule has 0 amide bonds. The van der Waals surface area contributed by atoms with Crippen molar-refractivity contribution in [2.45, 2.75) is 6.92 Å². The molecular formula is C17H15N3O2. The molecule has 3 aromatic rings. The first kappa shape index (κ1) is 14.0. The number of benzene rings is 1. The first-order valence-corrected chi connectivity index (χ1v) is 7.01.